The maximum atomic E-state index is 11.5. The molecule has 0 fully saturated rings. The van der Waals surface area contributed by atoms with Crippen molar-refractivity contribution in [3.05, 3.63) is 61.0 Å². The van der Waals surface area contributed by atoms with Gasteiger partial charge in [0.1, 0.15) is 0 Å². The van der Waals surface area contributed by atoms with E-state index in [0.29, 0.717) is 28.7 Å². The highest BCUT2D eigenvalue weighted by atomic mass is 16.3. The van der Waals surface area contributed by atoms with Crippen LogP contribution in [0.1, 0.15) is 10.6 Å². The second kappa shape index (κ2) is 5.51. The summed E-state index contributed by atoms with van der Waals surface area (Å²) in [5.74, 6) is 0.737. The molecule has 1 amide bonds. The SMILES string of the molecule is NC(=O)c1occc1-c1cc(-n2cccn2)nc(-c2ccco2)n1. The van der Waals surface area contributed by atoms with Gasteiger partial charge in [-0.15, -0.1) is 0 Å². The normalized spacial score (nSPS) is 10.8. The van der Waals surface area contributed by atoms with Crippen molar-refractivity contribution in [3.8, 4) is 28.7 Å². The second-order valence-electron chi connectivity index (χ2n) is 4.89. The summed E-state index contributed by atoms with van der Waals surface area (Å²) in [6, 6.07) is 8.58. The third-order valence-electron chi connectivity index (χ3n) is 3.36. The van der Waals surface area contributed by atoms with Crippen LogP contribution in [-0.4, -0.2) is 25.7 Å². The van der Waals surface area contributed by atoms with Crippen molar-refractivity contribution < 1.29 is 13.6 Å². The zero-order chi connectivity index (χ0) is 16.5. The molecule has 0 saturated carbocycles. The van der Waals surface area contributed by atoms with E-state index in [4.69, 9.17) is 14.6 Å². The smallest absolute Gasteiger partial charge is 0.285 e. The Labute approximate surface area is 135 Å². The van der Waals surface area contributed by atoms with Crippen LogP contribution < -0.4 is 5.73 Å². The van der Waals surface area contributed by atoms with Gasteiger partial charge in [-0.05, 0) is 24.3 Å². The van der Waals surface area contributed by atoms with E-state index < -0.39 is 5.91 Å². The molecule has 0 bridgehead atoms. The van der Waals surface area contributed by atoms with Gasteiger partial charge in [0.25, 0.3) is 5.91 Å². The highest BCUT2D eigenvalue weighted by molar-refractivity contribution is 5.96. The summed E-state index contributed by atoms with van der Waals surface area (Å²) >= 11 is 0. The van der Waals surface area contributed by atoms with Crippen molar-refractivity contribution in [3.63, 3.8) is 0 Å². The van der Waals surface area contributed by atoms with Crippen LogP contribution in [-0.2, 0) is 0 Å². The first kappa shape index (κ1) is 13.9. The fourth-order valence-electron chi connectivity index (χ4n) is 2.31. The minimum Gasteiger partial charge on any atom is -0.461 e. The largest absolute Gasteiger partial charge is 0.461 e. The highest BCUT2D eigenvalue weighted by Crippen LogP contribution is 2.27. The molecule has 4 aromatic rings. The predicted octanol–water partition coefficient (Wildman–Crippen LogP) is 2.28. The van der Waals surface area contributed by atoms with Crippen LogP contribution in [0.15, 0.2) is 64.1 Å². The molecule has 4 aromatic heterocycles. The summed E-state index contributed by atoms with van der Waals surface area (Å²) < 4.78 is 12.1. The molecule has 2 N–H and O–H groups in total. The number of primary amides is 1. The molecule has 8 nitrogen and oxygen atoms in total. The van der Waals surface area contributed by atoms with Gasteiger partial charge in [-0.2, -0.15) is 5.10 Å². The van der Waals surface area contributed by atoms with Crippen LogP contribution in [0.25, 0.3) is 28.7 Å². The molecule has 8 heteroatoms. The molecular formula is C16H11N5O3. The quantitative estimate of drug-likeness (QED) is 0.617. The average molecular weight is 321 g/mol. The number of carbonyl (C=O) groups is 1. The van der Waals surface area contributed by atoms with E-state index in [1.54, 1.807) is 47.4 Å². The van der Waals surface area contributed by atoms with E-state index in [-0.39, 0.29) is 5.76 Å². The number of hydrogen-bond donors (Lipinski definition) is 1. The Balaban J connectivity index is 1.93. The molecule has 0 saturated heterocycles. The van der Waals surface area contributed by atoms with Gasteiger partial charge in [0.05, 0.1) is 23.8 Å². The highest BCUT2D eigenvalue weighted by Gasteiger charge is 2.18. The number of nitrogens with two attached hydrogens (primary N) is 1. The predicted molar refractivity (Wildman–Crippen MR) is 83.1 cm³/mol. The minimum absolute atomic E-state index is 0.0329. The fraction of sp³-hybridized carbons (Fsp3) is 0. The van der Waals surface area contributed by atoms with Gasteiger partial charge < -0.3 is 14.6 Å². The molecule has 0 aliphatic carbocycles. The number of aromatic nitrogens is 4. The van der Waals surface area contributed by atoms with Crippen molar-refractivity contribution in [2.24, 2.45) is 5.73 Å². The minimum atomic E-state index is -0.672. The Hall–Kier alpha value is -3.68. The van der Waals surface area contributed by atoms with Crippen LogP contribution in [0.2, 0.25) is 0 Å². The third-order valence-corrected chi connectivity index (χ3v) is 3.36. The Morgan fingerprint density at radius 3 is 2.75 bits per heavy atom. The maximum Gasteiger partial charge on any atom is 0.285 e. The van der Waals surface area contributed by atoms with E-state index >= 15 is 0 Å². The topological polar surface area (TPSA) is 113 Å². The van der Waals surface area contributed by atoms with Crippen LogP contribution in [0.3, 0.4) is 0 Å². The zero-order valence-corrected chi connectivity index (χ0v) is 12.3. The van der Waals surface area contributed by atoms with E-state index in [0.717, 1.165) is 0 Å². The summed E-state index contributed by atoms with van der Waals surface area (Å²) in [4.78, 5) is 20.4. The third kappa shape index (κ3) is 2.35. The second-order valence-corrected chi connectivity index (χ2v) is 4.89. The molecule has 4 heterocycles. The van der Waals surface area contributed by atoms with Crippen molar-refractivity contribution in [2.75, 3.05) is 0 Å². The lowest BCUT2D eigenvalue weighted by atomic mass is 10.1. The molecule has 0 aliphatic rings. The summed E-state index contributed by atoms with van der Waals surface area (Å²) in [6.45, 7) is 0. The molecular weight excluding hydrogens is 310 g/mol. The average Bonchev–Trinajstić information content (AvgIpc) is 3.36. The zero-order valence-electron chi connectivity index (χ0n) is 12.3. The van der Waals surface area contributed by atoms with Crippen molar-refractivity contribution in [1.29, 1.82) is 0 Å². The summed E-state index contributed by atoms with van der Waals surface area (Å²) in [5.41, 5.74) is 6.30. The molecule has 4 rings (SSSR count). The number of rotatable bonds is 4. The van der Waals surface area contributed by atoms with E-state index in [9.17, 15) is 4.79 Å². The van der Waals surface area contributed by atoms with Gasteiger partial charge in [0.15, 0.2) is 23.2 Å². The summed E-state index contributed by atoms with van der Waals surface area (Å²) in [5, 5.41) is 4.17. The Kier molecular flexibility index (Phi) is 3.20. The fourth-order valence-corrected chi connectivity index (χ4v) is 2.31. The lowest BCUT2D eigenvalue weighted by Gasteiger charge is -2.07. The van der Waals surface area contributed by atoms with Crippen molar-refractivity contribution in [2.45, 2.75) is 0 Å². The van der Waals surface area contributed by atoms with Crippen LogP contribution in [0, 0.1) is 0 Å². The summed E-state index contributed by atoms with van der Waals surface area (Å²) in [7, 11) is 0. The van der Waals surface area contributed by atoms with E-state index in [1.807, 2.05) is 0 Å². The van der Waals surface area contributed by atoms with Gasteiger partial charge in [-0.3, -0.25) is 4.79 Å². The molecule has 0 aromatic carbocycles. The summed E-state index contributed by atoms with van der Waals surface area (Å²) in [6.07, 6.45) is 6.31. The van der Waals surface area contributed by atoms with Gasteiger partial charge in [0, 0.05) is 18.5 Å². The molecule has 0 atom stereocenters. The Bertz CT molecular complexity index is 934. The van der Waals surface area contributed by atoms with Crippen molar-refractivity contribution >= 4 is 5.91 Å². The van der Waals surface area contributed by atoms with Gasteiger partial charge in [-0.1, -0.05) is 0 Å². The number of furan rings is 2. The first-order valence-electron chi connectivity index (χ1n) is 7.03. The lowest BCUT2D eigenvalue weighted by Crippen LogP contribution is -2.11. The molecule has 24 heavy (non-hydrogen) atoms. The number of amides is 1. The van der Waals surface area contributed by atoms with E-state index in [1.165, 1.54) is 12.5 Å². The number of nitrogens with zero attached hydrogens (tertiary/aromatic N) is 4. The van der Waals surface area contributed by atoms with Gasteiger partial charge in [-0.25, -0.2) is 14.6 Å². The van der Waals surface area contributed by atoms with Gasteiger partial charge in [0.2, 0.25) is 0 Å². The molecule has 0 radical (unpaired) electrons. The molecule has 0 aliphatic heterocycles. The lowest BCUT2D eigenvalue weighted by molar-refractivity contribution is 0.0974. The standard InChI is InChI=1S/C16H11N5O3/c17-15(22)14-10(4-8-24-14)11-9-13(21-6-2-5-18-21)20-16(19-11)12-3-1-7-23-12/h1-9H,(H2,17,22). The van der Waals surface area contributed by atoms with Crippen molar-refractivity contribution in [1.82, 2.24) is 19.7 Å². The van der Waals surface area contributed by atoms with E-state index in [2.05, 4.69) is 15.1 Å². The molecule has 118 valence electrons. The Morgan fingerprint density at radius 1 is 1.12 bits per heavy atom. The van der Waals surface area contributed by atoms with Crippen LogP contribution >= 0.6 is 0 Å². The number of carbonyl (C=O) groups excluding carboxylic acids is 1. The maximum absolute atomic E-state index is 11.5. The number of hydrogen-bond acceptors (Lipinski definition) is 6. The van der Waals surface area contributed by atoms with Gasteiger partial charge >= 0.3 is 0 Å². The molecule has 0 spiro atoms. The molecule has 0 unspecified atom stereocenters. The monoisotopic (exact) mass is 321 g/mol. The Morgan fingerprint density at radius 2 is 2.04 bits per heavy atom. The van der Waals surface area contributed by atoms with Crippen LogP contribution in [0.5, 0.6) is 0 Å². The first-order valence-corrected chi connectivity index (χ1v) is 7.03. The first-order chi connectivity index (χ1) is 11.7. The van der Waals surface area contributed by atoms with Crippen LogP contribution in [0.4, 0.5) is 0 Å².